The van der Waals surface area contributed by atoms with Crippen molar-refractivity contribution in [2.24, 2.45) is 0 Å². The topological polar surface area (TPSA) is 176 Å². The van der Waals surface area contributed by atoms with Crippen LogP contribution in [-0.4, -0.2) is 75.9 Å². The number of aromatic nitrogens is 2. The molecule has 0 unspecified atom stereocenters. The predicted molar refractivity (Wildman–Crippen MR) is 203 cm³/mol. The van der Waals surface area contributed by atoms with Crippen LogP contribution in [0, 0.1) is 0 Å². The van der Waals surface area contributed by atoms with Gasteiger partial charge >= 0.3 is 0 Å². The second-order valence-electron chi connectivity index (χ2n) is 11.7. The molecule has 0 atom stereocenters. The van der Waals surface area contributed by atoms with Crippen molar-refractivity contribution in [3.05, 3.63) is 66.2 Å². The first-order chi connectivity index (χ1) is 24.2. The minimum atomic E-state index is -4.34. The average Bonchev–Trinajstić information content (AvgIpc) is 3.69. The average molecular weight is 793 g/mol. The van der Waals surface area contributed by atoms with Gasteiger partial charge in [0.25, 0.3) is 15.9 Å². The molecule has 2 heterocycles. The highest BCUT2D eigenvalue weighted by molar-refractivity contribution is 7.93. The number of sulfonamides is 3. The van der Waals surface area contributed by atoms with Crippen molar-refractivity contribution < 1.29 is 30.0 Å². The minimum absolute atomic E-state index is 0.00194. The Morgan fingerprint density at radius 3 is 1.59 bits per heavy atom. The zero-order valence-corrected chi connectivity index (χ0v) is 32.7. The van der Waals surface area contributed by atoms with Crippen LogP contribution in [-0.2, 0) is 30.1 Å². The van der Waals surface area contributed by atoms with Gasteiger partial charge in [0, 0.05) is 26.2 Å². The van der Waals surface area contributed by atoms with Crippen LogP contribution in [0.1, 0.15) is 63.7 Å². The Kier molecular flexibility index (Phi) is 12.2. The molecule has 5 rings (SSSR count). The molecule has 0 bridgehead atoms. The Hall–Kier alpha value is -3.52. The van der Waals surface area contributed by atoms with E-state index in [0.29, 0.717) is 72.3 Å². The second-order valence-corrected chi connectivity index (χ2v) is 19.2. The van der Waals surface area contributed by atoms with E-state index >= 15 is 0 Å². The maximum absolute atomic E-state index is 13.6. The van der Waals surface area contributed by atoms with Crippen LogP contribution >= 0.6 is 22.7 Å². The molecule has 0 spiro atoms. The third-order valence-electron chi connectivity index (χ3n) is 7.75. The van der Waals surface area contributed by atoms with Crippen LogP contribution in [0.5, 0.6) is 0 Å². The number of amides is 1. The molecule has 18 heteroatoms. The van der Waals surface area contributed by atoms with E-state index in [2.05, 4.69) is 20.0 Å². The predicted octanol–water partition coefficient (Wildman–Crippen LogP) is 6.58. The number of benzene rings is 3. The van der Waals surface area contributed by atoms with Crippen LogP contribution in [0.25, 0.3) is 20.4 Å². The van der Waals surface area contributed by atoms with Gasteiger partial charge in [-0.25, -0.2) is 35.2 Å². The molecule has 0 saturated carbocycles. The van der Waals surface area contributed by atoms with Crippen LogP contribution in [0.3, 0.4) is 0 Å². The monoisotopic (exact) mass is 792 g/mol. The lowest BCUT2D eigenvalue weighted by atomic mass is 10.2. The van der Waals surface area contributed by atoms with E-state index in [1.165, 1.54) is 63.2 Å². The number of carbonyl (C=O) groups is 1. The molecule has 0 aliphatic heterocycles. The van der Waals surface area contributed by atoms with Gasteiger partial charge in [-0.3, -0.25) is 14.8 Å². The molecular formula is C33H40N6O7S5. The van der Waals surface area contributed by atoms with Crippen molar-refractivity contribution in [1.82, 2.24) is 18.6 Å². The van der Waals surface area contributed by atoms with Gasteiger partial charge in [-0.15, -0.1) is 0 Å². The van der Waals surface area contributed by atoms with Gasteiger partial charge in [-0.1, -0.05) is 62.5 Å². The van der Waals surface area contributed by atoms with Crippen LogP contribution in [0.2, 0.25) is 0 Å². The first-order valence-electron chi connectivity index (χ1n) is 16.5. The smallest absolute Gasteiger partial charge is 0.264 e. The molecule has 2 N–H and O–H groups in total. The number of nitrogens with zero attached hydrogens (tertiary/aromatic N) is 4. The summed E-state index contributed by atoms with van der Waals surface area (Å²) in [5.41, 5.74) is 0.740. The van der Waals surface area contributed by atoms with Crippen molar-refractivity contribution in [3.63, 3.8) is 0 Å². The van der Waals surface area contributed by atoms with Gasteiger partial charge in [-0.2, -0.15) is 8.61 Å². The Morgan fingerprint density at radius 2 is 1.10 bits per heavy atom. The van der Waals surface area contributed by atoms with Gasteiger partial charge in [-0.05, 0) is 74.2 Å². The van der Waals surface area contributed by atoms with E-state index in [9.17, 15) is 30.0 Å². The summed E-state index contributed by atoms with van der Waals surface area (Å²) in [6.45, 7) is 9.22. The summed E-state index contributed by atoms with van der Waals surface area (Å²) in [4.78, 5) is 22.2. The number of nitrogens with one attached hydrogen (secondary N) is 2. The fourth-order valence-corrected chi connectivity index (χ4v) is 12.1. The molecule has 2 aromatic heterocycles. The number of carbonyl (C=O) groups excluding carboxylic acids is 1. The van der Waals surface area contributed by atoms with Crippen molar-refractivity contribution in [2.75, 3.05) is 36.2 Å². The first kappa shape index (κ1) is 38.7. The zero-order chi connectivity index (χ0) is 37.0. The molecule has 1 amide bonds. The number of fused-ring (bicyclic) bond motifs is 2. The van der Waals surface area contributed by atoms with Gasteiger partial charge < -0.3 is 0 Å². The van der Waals surface area contributed by atoms with E-state index in [-0.39, 0.29) is 30.5 Å². The van der Waals surface area contributed by atoms with Gasteiger partial charge in [0.05, 0.1) is 35.8 Å². The van der Waals surface area contributed by atoms with Crippen molar-refractivity contribution in [2.45, 2.75) is 68.1 Å². The molecule has 0 saturated heterocycles. The Morgan fingerprint density at radius 1 is 0.647 bits per heavy atom. The maximum atomic E-state index is 13.6. The number of rotatable bonds is 17. The summed E-state index contributed by atoms with van der Waals surface area (Å²) >= 11 is 2.05. The largest absolute Gasteiger partial charge is 0.298 e. The SMILES string of the molecule is CCCN(CCC)S(=O)(=O)c1ccc2nc(NC(=O)c3ccccc3S(=O)(=O)Nc3nc4ccc(S(=O)(=O)N(CCC)CCC)cc4s3)sc2c1. The van der Waals surface area contributed by atoms with E-state index in [0.717, 1.165) is 22.7 Å². The standard InChI is InChI=1S/C33H40N6O7S5/c1-5-17-38(18-6-2)50(43,44)23-13-15-26-28(21-23)47-32(34-26)36-31(40)25-11-9-10-12-30(25)49(41,42)37-33-35-27-16-14-24(22-29(27)48-33)51(45,46)39(19-7-3)20-8-4/h9-16,21-22H,5-8,17-20H2,1-4H3,(H,35,37)(H,34,36,40). The van der Waals surface area contributed by atoms with Crippen LogP contribution in [0.4, 0.5) is 10.3 Å². The van der Waals surface area contributed by atoms with Crippen molar-refractivity contribution >= 4 is 89.3 Å². The quantitative estimate of drug-likeness (QED) is 0.105. The van der Waals surface area contributed by atoms with Crippen LogP contribution in [0.15, 0.2) is 75.4 Å². The molecule has 274 valence electrons. The number of hydrogen-bond donors (Lipinski definition) is 2. The lowest BCUT2D eigenvalue weighted by Crippen LogP contribution is -2.32. The van der Waals surface area contributed by atoms with E-state index in [1.54, 1.807) is 6.07 Å². The summed E-state index contributed by atoms with van der Waals surface area (Å²) in [5, 5.41) is 2.82. The number of hydrogen-bond acceptors (Lipinski definition) is 11. The molecular weight excluding hydrogens is 753 g/mol. The first-order valence-corrected chi connectivity index (χ1v) is 22.5. The summed E-state index contributed by atoms with van der Waals surface area (Å²) in [6, 6.07) is 14.8. The molecule has 13 nitrogen and oxygen atoms in total. The fraction of sp³-hybridized carbons (Fsp3) is 0.364. The summed E-state index contributed by atoms with van der Waals surface area (Å²) < 4.78 is 86.9. The maximum Gasteiger partial charge on any atom is 0.264 e. The molecule has 0 fully saturated rings. The van der Waals surface area contributed by atoms with E-state index < -0.39 is 36.0 Å². The zero-order valence-electron chi connectivity index (χ0n) is 28.6. The Labute approximate surface area is 306 Å². The fourth-order valence-electron chi connectivity index (χ4n) is 5.45. The lowest BCUT2D eigenvalue weighted by Gasteiger charge is -2.20. The van der Waals surface area contributed by atoms with Crippen LogP contribution < -0.4 is 10.0 Å². The van der Waals surface area contributed by atoms with Crippen molar-refractivity contribution in [3.8, 4) is 0 Å². The lowest BCUT2D eigenvalue weighted by molar-refractivity contribution is 0.102. The molecule has 0 radical (unpaired) electrons. The highest BCUT2D eigenvalue weighted by Crippen LogP contribution is 2.33. The Balaban J connectivity index is 1.37. The van der Waals surface area contributed by atoms with E-state index in [4.69, 9.17) is 0 Å². The molecule has 0 aliphatic carbocycles. The third-order valence-corrected chi connectivity index (χ3v) is 14.9. The highest BCUT2D eigenvalue weighted by Gasteiger charge is 2.27. The molecule has 3 aromatic carbocycles. The second kappa shape index (κ2) is 16.0. The minimum Gasteiger partial charge on any atom is -0.298 e. The molecule has 0 aliphatic rings. The summed E-state index contributed by atoms with van der Waals surface area (Å²) in [5.74, 6) is -0.734. The van der Waals surface area contributed by atoms with Gasteiger partial charge in [0.2, 0.25) is 20.0 Å². The normalized spacial score (nSPS) is 12.7. The number of thiazole rings is 2. The highest BCUT2D eigenvalue weighted by atomic mass is 32.2. The molecule has 5 aromatic rings. The summed E-state index contributed by atoms with van der Waals surface area (Å²) in [7, 11) is -11.8. The van der Waals surface area contributed by atoms with Gasteiger partial charge in [0.15, 0.2) is 10.3 Å². The number of anilines is 2. The van der Waals surface area contributed by atoms with E-state index in [1.807, 2.05) is 27.7 Å². The van der Waals surface area contributed by atoms with Gasteiger partial charge in [0.1, 0.15) is 4.90 Å². The van der Waals surface area contributed by atoms with Crippen molar-refractivity contribution in [1.29, 1.82) is 0 Å². The summed E-state index contributed by atoms with van der Waals surface area (Å²) in [6.07, 6.45) is 2.68. The molecule has 51 heavy (non-hydrogen) atoms. The Bertz CT molecular complexity index is 2360. The third kappa shape index (κ3) is 8.42.